The number of furan rings is 1. The quantitative estimate of drug-likeness (QED) is 0.159. The van der Waals surface area contributed by atoms with Crippen LogP contribution in [0.25, 0.3) is 33.3 Å². The number of alkyl carbamates (subject to hydrolysis) is 1. The number of allylic oxidation sites excluding steroid dienone is 1. The Kier molecular flexibility index (Phi) is 11.4. The van der Waals surface area contributed by atoms with E-state index in [1.54, 1.807) is 19.2 Å². The first-order valence-electron chi connectivity index (χ1n) is 21.9. The second kappa shape index (κ2) is 16.9. The third kappa shape index (κ3) is 8.57. The number of hydrogen-bond donors (Lipinski definition) is 3. The summed E-state index contributed by atoms with van der Waals surface area (Å²) in [5.41, 5.74) is 2.49. The number of aromatic nitrogens is 1. The van der Waals surface area contributed by atoms with Gasteiger partial charge in [-0.2, -0.15) is 0 Å². The first kappa shape index (κ1) is 41.7. The Morgan fingerprint density at radius 1 is 0.952 bits per heavy atom. The van der Waals surface area contributed by atoms with Crippen LogP contribution < -0.4 is 24.8 Å². The van der Waals surface area contributed by atoms with Crippen LogP contribution in [0.5, 0.6) is 11.5 Å². The summed E-state index contributed by atoms with van der Waals surface area (Å²) in [6.07, 6.45) is 9.98. The summed E-state index contributed by atoms with van der Waals surface area (Å²) in [7, 11) is -2.34. The summed E-state index contributed by atoms with van der Waals surface area (Å²) in [4.78, 5) is 63.1. The molecule has 15 nitrogen and oxygen atoms in total. The number of methoxy groups -OCH3 is 1. The molecular weight excluding hydrogens is 815 g/mol. The third-order valence-electron chi connectivity index (χ3n) is 12.9. The molecule has 0 bridgehead atoms. The fourth-order valence-corrected chi connectivity index (χ4v) is 10.5. The first-order valence-corrected chi connectivity index (χ1v) is 23.4. The highest BCUT2D eigenvalue weighted by Gasteiger charge is 2.62. The highest BCUT2D eigenvalue weighted by molar-refractivity contribution is 7.91. The maximum Gasteiger partial charge on any atom is 0.408 e. The monoisotopic (exact) mass is 867 g/mol. The van der Waals surface area contributed by atoms with Crippen molar-refractivity contribution in [2.24, 2.45) is 5.92 Å². The Morgan fingerprint density at radius 3 is 2.48 bits per heavy atom. The number of rotatable bonds is 9. The van der Waals surface area contributed by atoms with Crippen molar-refractivity contribution in [1.82, 2.24) is 25.2 Å². The van der Waals surface area contributed by atoms with Gasteiger partial charge in [0.15, 0.2) is 11.3 Å². The number of pyridine rings is 1. The van der Waals surface area contributed by atoms with E-state index in [2.05, 4.69) is 15.4 Å². The highest BCUT2D eigenvalue weighted by Crippen LogP contribution is 2.46. The topological polar surface area (TPSA) is 195 Å². The lowest BCUT2D eigenvalue weighted by Crippen LogP contribution is -2.58. The van der Waals surface area contributed by atoms with Crippen molar-refractivity contribution in [2.75, 3.05) is 13.7 Å². The molecular formula is C46H53N5O10S. The van der Waals surface area contributed by atoms with Crippen molar-refractivity contribution in [3.8, 4) is 22.8 Å². The second-order valence-electron chi connectivity index (χ2n) is 17.5. The van der Waals surface area contributed by atoms with Crippen LogP contribution in [0.15, 0.2) is 65.1 Å². The lowest BCUT2D eigenvalue weighted by Gasteiger charge is -2.30. The largest absolute Gasteiger partial charge is 0.497 e. The number of amides is 4. The molecule has 0 unspecified atom stereocenters. The van der Waals surface area contributed by atoms with Crippen molar-refractivity contribution >= 4 is 55.9 Å². The molecule has 9 rings (SSSR count). The first-order chi connectivity index (χ1) is 29.9. The number of hydrogen-bond acceptors (Lipinski definition) is 11. The van der Waals surface area contributed by atoms with E-state index < -0.39 is 68.7 Å². The fraction of sp³-hybridized carbons (Fsp3) is 0.500. The van der Waals surface area contributed by atoms with Crippen LogP contribution in [0.1, 0.15) is 89.0 Å². The molecule has 62 heavy (non-hydrogen) atoms. The van der Waals surface area contributed by atoms with E-state index in [0.29, 0.717) is 66.0 Å². The van der Waals surface area contributed by atoms with Crippen molar-refractivity contribution < 1.29 is 46.2 Å². The van der Waals surface area contributed by atoms with E-state index in [0.717, 1.165) is 55.0 Å². The van der Waals surface area contributed by atoms with Gasteiger partial charge in [-0.3, -0.25) is 19.1 Å². The van der Waals surface area contributed by atoms with Crippen LogP contribution >= 0.6 is 0 Å². The molecule has 16 heteroatoms. The summed E-state index contributed by atoms with van der Waals surface area (Å²) in [5, 5.41) is 5.87. The zero-order valence-electron chi connectivity index (χ0n) is 35.0. The van der Waals surface area contributed by atoms with E-state index in [4.69, 9.17) is 23.6 Å². The lowest BCUT2D eigenvalue weighted by molar-refractivity contribution is -0.141. The van der Waals surface area contributed by atoms with Gasteiger partial charge in [-0.15, -0.1) is 0 Å². The van der Waals surface area contributed by atoms with Crippen LogP contribution in [0.4, 0.5) is 4.79 Å². The normalized spacial score (nSPS) is 25.9. The molecule has 328 valence electrons. The third-order valence-corrected chi connectivity index (χ3v) is 14.8. The minimum absolute atomic E-state index is 0.0210. The Morgan fingerprint density at radius 2 is 1.73 bits per heavy atom. The maximum atomic E-state index is 14.8. The number of carbonyl (C=O) groups excluding carboxylic acids is 4. The molecule has 3 N–H and O–H groups in total. The summed E-state index contributed by atoms with van der Waals surface area (Å²) < 4.78 is 52.6. The van der Waals surface area contributed by atoms with Gasteiger partial charge >= 0.3 is 6.09 Å². The zero-order chi connectivity index (χ0) is 43.2. The minimum Gasteiger partial charge on any atom is -0.497 e. The second-order valence-corrected chi connectivity index (χ2v) is 19.5. The van der Waals surface area contributed by atoms with Gasteiger partial charge in [-0.25, -0.2) is 18.2 Å². The van der Waals surface area contributed by atoms with E-state index in [-0.39, 0.29) is 25.5 Å². The molecule has 1 saturated heterocycles. The molecule has 3 aliphatic carbocycles. The average Bonchev–Trinajstić information content (AvgIpc) is 4.07. The number of carbonyl (C=O) groups is 4. The number of benzene rings is 2. The summed E-state index contributed by atoms with van der Waals surface area (Å²) in [6, 6.07) is 13.1. The summed E-state index contributed by atoms with van der Waals surface area (Å²) >= 11 is 0. The standard InChI is InChI=1S/C46H53N5O10S/c1-27-14-16-28(17-15-27)36-24-39(41-40(47-36)34-21-18-31(58-2)23-38(34)61-41)59-32-22-37-42(52)49-46(44(54)50-62(56,57)33-19-20-33)25-29(46)10-6-4-3-5-7-13-35(43(53)51(37)26-32)48-45(55)60-30-11-8-9-12-30/h6,10,14-18,21,23-24,29-30,32-33,35,37H,3-5,7-9,11-13,19-20,22,25-26H2,1-2H3,(H,48,55)(H,49,52)(H,50,54)/t29-,32-,35+,37+,46-/m1/s1. The van der Waals surface area contributed by atoms with Crippen molar-refractivity contribution in [3.63, 3.8) is 0 Å². The average molecular weight is 868 g/mol. The summed E-state index contributed by atoms with van der Waals surface area (Å²) in [6.45, 7) is 1.97. The number of aryl methyl sites for hydroxylation is 1. The number of nitrogens with zero attached hydrogens (tertiary/aromatic N) is 2. The minimum atomic E-state index is -3.92. The van der Waals surface area contributed by atoms with Crippen LogP contribution in [-0.4, -0.2) is 90.9 Å². The van der Waals surface area contributed by atoms with Gasteiger partial charge < -0.3 is 34.2 Å². The Balaban J connectivity index is 1.06. The molecule has 0 spiro atoms. The zero-order valence-corrected chi connectivity index (χ0v) is 35.8. The number of sulfonamides is 1. The lowest BCUT2D eigenvalue weighted by atomic mass is 10.0. The fourth-order valence-electron chi connectivity index (χ4n) is 9.13. The van der Waals surface area contributed by atoms with Gasteiger partial charge in [0.05, 0.1) is 24.6 Å². The molecule has 4 amide bonds. The summed E-state index contributed by atoms with van der Waals surface area (Å²) in [5.74, 6) is -1.39. The Hall–Kier alpha value is -5.64. The molecule has 2 aromatic heterocycles. The van der Waals surface area contributed by atoms with Crippen molar-refractivity contribution in [2.45, 2.75) is 125 Å². The van der Waals surface area contributed by atoms with E-state index >= 15 is 0 Å². The van der Waals surface area contributed by atoms with Crippen molar-refractivity contribution in [1.29, 1.82) is 0 Å². The maximum absolute atomic E-state index is 14.8. The molecule has 4 heterocycles. The van der Waals surface area contributed by atoms with Gasteiger partial charge in [0.25, 0.3) is 5.91 Å². The molecule has 5 aliphatic rings. The number of fused-ring (bicyclic) bond motifs is 5. The van der Waals surface area contributed by atoms with Gasteiger partial charge in [0, 0.05) is 35.4 Å². The van der Waals surface area contributed by atoms with E-state index in [9.17, 15) is 27.6 Å². The van der Waals surface area contributed by atoms with Crippen molar-refractivity contribution in [3.05, 3.63) is 66.2 Å². The van der Waals surface area contributed by atoms with Gasteiger partial charge in [-0.1, -0.05) is 54.8 Å². The van der Waals surface area contributed by atoms with Crippen LogP contribution in [0.3, 0.4) is 0 Å². The van der Waals surface area contributed by atoms with Crippen LogP contribution in [0.2, 0.25) is 0 Å². The predicted octanol–water partition coefficient (Wildman–Crippen LogP) is 6.35. The molecule has 3 saturated carbocycles. The Labute approximate surface area is 360 Å². The number of nitrogens with one attached hydrogen (secondary N) is 3. The van der Waals surface area contributed by atoms with Gasteiger partial charge in [-0.05, 0) is 83.3 Å². The molecule has 0 radical (unpaired) electrons. The number of ether oxygens (including phenoxy) is 3. The smallest absolute Gasteiger partial charge is 0.408 e. The molecule has 4 fully saturated rings. The highest BCUT2D eigenvalue weighted by atomic mass is 32.2. The van der Waals surface area contributed by atoms with E-state index in [1.807, 2.05) is 55.5 Å². The van der Waals surface area contributed by atoms with Gasteiger partial charge in [0.2, 0.25) is 21.8 Å². The molecule has 2 aromatic carbocycles. The van der Waals surface area contributed by atoms with Gasteiger partial charge in [0.1, 0.15) is 46.7 Å². The van der Waals surface area contributed by atoms with Crippen LogP contribution in [-0.2, 0) is 29.1 Å². The molecule has 5 atom stereocenters. The molecule has 4 aromatic rings. The molecule has 2 aliphatic heterocycles. The SMILES string of the molecule is COc1ccc2c(c1)oc1c(O[C@@H]3C[C@H]4C(=O)N[C@]5(C(=O)NS(=O)(=O)C6CC6)C[C@H]5C=CCCCCC[C@H](NC(=O)OC5CCCC5)C(=O)N4C3)cc(-c3ccc(C)cc3)nc12. The Bertz CT molecular complexity index is 2530. The van der Waals surface area contributed by atoms with Crippen LogP contribution in [0, 0.1) is 12.8 Å². The van der Waals surface area contributed by atoms with E-state index in [1.165, 1.54) is 4.90 Å². The predicted molar refractivity (Wildman–Crippen MR) is 230 cm³/mol.